The van der Waals surface area contributed by atoms with Crippen LogP contribution in [0, 0.1) is 0 Å². The van der Waals surface area contributed by atoms with E-state index in [0.29, 0.717) is 0 Å². The molecule has 0 bridgehead atoms. The molecule has 3 nitrogen and oxygen atoms in total. The highest BCUT2D eigenvalue weighted by atomic mass is 19.3. The number of hydrogen-bond donors (Lipinski definition) is 1. The average Bonchev–Trinajstić information content (AvgIpc) is 2.48. The van der Waals surface area contributed by atoms with Gasteiger partial charge in [-0.15, -0.1) is 0 Å². The van der Waals surface area contributed by atoms with Crippen LogP contribution in [-0.4, -0.2) is 37.7 Å². The van der Waals surface area contributed by atoms with Crippen LogP contribution in [-0.2, 0) is 0 Å². The van der Waals surface area contributed by atoms with Crippen LogP contribution in [0.25, 0.3) is 0 Å². The standard InChI is InChI=1S/C16H24F2N2O/c1-13(19-8-11-20-9-3-2-4-10-20)14-6-5-7-15(12-14)21-16(17)18/h5-7,12-13,16,19H,2-4,8-11H2,1H3. The number of alkyl halides is 2. The Bertz CT molecular complexity index is 422. The van der Waals surface area contributed by atoms with E-state index in [-0.39, 0.29) is 11.8 Å². The van der Waals surface area contributed by atoms with Crippen LogP contribution in [0.3, 0.4) is 0 Å². The summed E-state index contributed by atoms with van der Waals surface area (Å²) in [7, 11) is 0. The lowest BCUT2D eigenvalue weighted by molar-refractivity contribution is -0.0499. The number of benzene rings is 1. The monoisotopic (exact) mass is 298 g/mol. The van der Waals surface area contributed by atoms with Gasteiger partial charge in [-0.05, 0) is 50.6 Å². The summed E-state index contributed by atoms with van der Waals surface area (Å²) in [5, 5.41) is 3.44. The molecule has 1 N–H and O–H groups in total. The topological polar surface area (TPSA) is 24.5 Å². The number of nitrogens with one attached hydrogen (secondary N) is 1. The molecule has 1 aliphatic heterocycles. The highest BCUT2D eigenvalue weighted by molar-refractivity contribution is 5.30. The molecule has 1 fully saturated rings. The fourth-order valence-corrected chi connectivity index (χ4v) is 2.70. The summed E-state index contributed by atoms with van der Waals surface area (Å²) in [5.41, 5.74) is 0.965. The molecular formula is C16H24F2N2O. The van der Waals surface area contributed by atoms with Gasteiger partial charge in [0.1, 0.15) is 5.75 Å². The summed E-state index contributed by atoms with van der Waals surface area (Å²) in [4.78, 5) is 2.47. The SMILES string of the molecule is CC(NCCN1CCCCC1)c1cccc(OC(F)F)c1. The van der Waals surface area contributed by atoms with E-state index in [1.54, 1.807) is 18.2 Å². The second-order valence-electron chi connectivity index (χ2n) is 5.53. The lowest BCUT2D eigenvalue weighted by Gasteiger charge is -2.27. The Kier molecular flexibility index (Phi) is 6.39. The fraction of sp³-hybridized carbons (Fsp3) is 0.625. The van der Waals surface area contributed by atoms with Crippen LogP contribution in [0.1, 0.15) is 37.8 Å². The number of hydrogen-bond acceptors (Lipinski definition) is 3. The third-order valence-corrected chi connectivity index (χ3v) is 3.91. The van der Waals surface area contributed by atoms with E-state index in [1.807, 2.05) is 13.0 Å². The molecule has 2 rings (SSSR count). The van der Waals surface area contributed by atoms with Gasteiger partial charge in [0.15, 0.2) is 0 Å². The van der Waals surface area contributed by atoms with Crippen molar-refractivity contribution in [2.45, 2.75) is 38.8 Å². The predicted octanol–water partition coefficient (Wildman–Crippen LogP) is 3.42. The van der Waals surface area contributed by atoms with E-state index in [0.717, 1.165) is 18.7 Å². The molecule has 5 heteroatoms. The Labute approximate surface area is 125 Å². The van der Waals surface area contributed by atoms with Gasteiger partial charge >= 0.3 is 6.61 Å². The summed E-state index contributed by atoms with van der Waals surface area (Å²) in [6.45, 7) is 3.58. The molecule has 0 spiro atoms. The average molecular weight is 298 g/mol. The Hall–Kier alpha value is -1.20. The number of piperidine rings is 1. The van der Waals surface area contributed by atoms with Crippen molar-refractivity contribution in [3.8, 4) is 5.75 Å². The number of rotatable bonds is 7. The fourth-order valence-electron chi connectivity index (χ4n) is 2.70. The van der Waals surface area contributed by atoms with E-state index in [1.165, 1.54) is 32.4 Å². The second-order valence-corrected chi connectivity index (χ2v) is 5.53. The van der Waals surface area contributed by atoms with Crippen LogP contribution < -0.4 is 10.1 Å². The maximum absolute atomic E-state index is 12.2. The van der Waals surface area contributed by atoms with Crippen molar-refractivity contribution in [3.05, 3.63) is 29.8 Å². The van der Waals surface area contributed by atoms with Gasteiger partial charge in [-0.3, -0.25) is 0 Å². The first kappa shape index (κ1) is 16.2. The van der Waals surface area contributed by atoms with E-state index in [2.05, 4.69) is 15.0 Å². The normalized spacial score (nSPS) is 17.9. The summed E-state index contributed by atoms with van der Waals surface area (Å²) in [6, 6.07) is 7.02. The molecule has 1 aromatic rings. The zero-order valence-electron chi connectivity index (χ0n) is 12.5. The third-order valence-electron chi connectivity index (χ3n) is 3.91. The van der Waals surface area contributed by atoms with Gasteiger partial charge < -0.3 is 15.0 Å². The summed E-state index contributed by atoms with van der Waals surface area (Å²) in [5.74, 6) is 0.215. The molecule has 0 radical (unpaired) electrons. The molecular weight excluding hydrogens is 274 g/mol. The number of likely N-dealkylation sites (tertiary alicyclic amines) is 1. The highest BCUT2D eigenvalue weighted by Gasteiger charge is 2.11. The van der Waals surface area contributed by atoms with Gasteiger partial charge in [-0.2, -0.15) is 8.78 Å². The van der Waals surface area contributed by atoms with Crippen molar-refractivity contribution in [2.24, 2.45) is 0 Å². The Morgan fingerprint density at radius 1 is 1.24 bits per heavy atom. The molecule has 0 aliphatic carbocycles. The maximum atomic E-state index is 12.2. The molecule has 0 amide bonds. The van der Waals surface area contributed by atoms with Gasteiger partial charge in [0, 0.05) is 19.1 Å². The minimum absolute atomic E-state index is 0.121. The van der Waals surface area contributed by atoms with Crippen LogP contribution in [0.2, 0.25) is 0 Å². The minimum atomic E-state index is -2.78. The number of ether oxygens (including phenoxy) is 1. The lowest BCUT2D eigenvalue weighted by Crippen LogP contribution is -2.36. The molecule has 1 saturated heterocycles. The van der Waals surface area contributed by atoms with Crippen molar-refractivity contribution in [1.82, 2.24) is 10.2 Å². The zero-order valence-corrected chi connectivity index (χ0v) is 12.5. The smallest absolute Gasteiger partial charge is 0.387 e. The quantitative estimate of drug-likeness (QED) is 0.834. The molecule has 1 unspecified atom stereocenters. The molecule has 1 aromatic carbocycles. The molecule has 1 aliphatic rings. The lowest BCUT2D eigenvalue weighted by atomic mass is 10.1. The summed E-state index contributed by atoms with van der Waals surface area (Å²) in [6.07, 6.45) is 3.93. The third kappa shape index (κ3) is 5.59. The van der Waals surface area contributed by atoms with Crippen molar-refractivity contribution < 1.29 is 13.5 Å². The van der Waals surface area contributed by atoms with Crippen molar-refractivity contribution in [2.75, 3.05) is 26.2 Å². The Morgan fingerprint density at radius 2 is 2.00 bits per heavy atom. The van der Waals surface area contributed by atoms with Crippen molar-refractivity contribution in [1.29, 1.82) is 0 Å². The van der Waals surface area contributed by atoms with E-state index >= 15 is 0 Å². The summed E-state index contributed by atoms with van der Waals surface area (Å²) >= 11 is 0. The highest BCUT2D eigenvalue weighted by Crippen LogP contribution is 2.20. The van der Waals surface area contributed by atoms with Gasteiger partial charge in [0.05, 0.1) is 0 Å². The van der Waals surface area contributed by atoms with E-state index in [4.69, 9.17) is 0 Å². The molecule has 1 heterocycles. The number of nitrogens with zero attached hydrogens (tertiary/aromatic N) is 1. The zero-order chi connectivity index (χ0) is 15.1. The second kappa shape index (κ2) is 8.29. The van der Waals surface area contributed by atoms with Gasteiger partial charge in [0.25, 0.3) is 0 Å². The van der Waals surface area contributed by atoms with Crippen LogP contribution in [0.15, 0.2) is 24.3 Å². The van der Waals surface area contributed by atoms with Crippen LogP contribution in [0.5, 0.6) is 5.75 Å². The van der Waals surface area contributed by atoms with Crippen molar-refractivity contribution >= 4 is 0 Å². The number of halogens is 2. The van der Waals surface area contributed by atoms with Crippen LogP contribution >= 0.6 is 0 Å². The molecule has 1 atom stereocenters. The molecule has 21 heavy (non-hydrogen) atoms. The molecule has 0 saturated carbocycles. The van der Waals surface area contributed by atoms with Crippen LogP contribution in [0.4, 0.5) is 8.78 Å². The Morgan fingerprint density at radius 3 is 2.71 bits per heavy atom. The predicted molar refractivity (Wildman–Crippen MR) is 79.8 cm³/mol. The van der Waals surface area contributed by atoms with Gasteiger partial charge in [-0.25, -0.2) is 0 Å². The van der Waals surface area contributed by atoms with Crippen molar-refractivity contribution in [3.63, 3.8) is 0 Å². The molecule has 0 aromatic heterocycles. The first-order valence-electron chi connectivity index (χ1n) is 7.65. The van der Waals surface area contributed by atoms with E-state index < -0.39 is 6.61 Å². The minimum Gasteiger partial charge on any atom is -0.435 e. The molecule has 118 valence electrons. The van der Waals surface area contributed by atoms with Gasteiger partial charge in [-0.1, -0.05) is 18.6 Å². The first-order valence-corrected chi connectivity index (χ1v) is 7.65. The summed E-state index contributed by atoms with van der Waals surface area (Å²) < 4.78 is 28.9. The largest absolute Gasteiger partial charge is 0.435 e. The van der Waals surface area contributed by atoms with Gasteiger partial charge in [0.2, 0.25) is 0 Å². The van der Waals surface area contributed by atoms with E-state index in [9.17, 15) is 8.78 Å². The maximum Gasteiger partial charge on any atom is 0.387 e. The Balaban J connectivity index is 1.78. The first-order chi connectivity index (χ1) is 10.1.